The average Bonchev–Trinajstić information content (AvgIpc) is 3.13. The number of unbranched alkanes of at least 4 members (excludes halogenated alkanes) is 6. The lowest BCUT2D eigenvalue weighted by molar-refractivity contribution is -0.137. The fraction of sp³-hybridized carbons (Fsp3) is 0.605. The van der Waals surface area contributed by atoms with Gasteiger partial charge in [0.05, 0.1) is 85.9 Å². The van der Waals surface area contributed by atoms with Gasteiger partial charge in [-0.05, 0) is 80.3 Å². The van der Waals surface area contributed by atoms with Crippen molar-refractivity contribution in [3.63, 3.8) is 0 Å². The molecule has 1 aliphatic rings. The fourth-order valence-electron chi connectivity index (χ4n) is 4.87. The van der Waals surface area contributed by atoms with E-state index in [0.717, 1.165) is 74.3 Å². The Labute approximate surface area is 291 Å². The van der Waals surface area contributed by atoms with Gasteiger partial charge in [0.15, 0.2) is 11.6 Å². The summed E-state index contributed by atoms with van der Waals surface area (Å²) in [6.07, 6.45) is 8.43. The molecule has 11 heteroatoms. The molecule has 0 bridgehead atoms. The largest absolute Gasteiger partial charge is 0.494 e. The molecule has 1 atom stereocenters. The lowest BCUT2D eigenvalue weighted by atomic mass is 10.1. The molecule has 3 rings (SSSR count). The molecule has 0 aliphatic carbocycles. The second kappa shape index (κ2) is 26.8. The zero-order valence-corrected chi connectivity index (χ0v) is 28.9. The molecule has 0 radical (unpaired) electrons. The van der Waals surface area contributed by atoms with Crippen molar-refractivity contribution in [3.05, 3.63) is 60.9 Å². The Balaban J connectivity index is 1.22. The highest BCUT2D eigenvalue weighted by Crippen LogP contribution is 2.27. The first-order valence-corrected chi connectivity index (χ1v) is 17.6. The van der Waals surface area contributed by atoms with Crippen LogP contribution in [0.2, 0.25) is 0 Å². The first-order valence-electron chi connectivity index (χ1n) is 17.6. The molecule has 1 heterocycles. The zero-order valence-electron chi connectivity index (χ0n) is 28.9. The van der Waals surface area contributed by atoms with E-state index in [1.165, 1.54) is 6.07 Å². The van der Waals surface area contributed by atoms with E-state index >= 15 is 0 Å². The lowest BCUT2D eigenvalue weighted by Gasteiger charge is -2.18. The summed E-state index contributed by atoms with van der Waals surface area (Å²) < 4.78 is 65.1. The molecule has 2 aromatic carbocycles. The van der Waals surface area contributed by atoms with Gasteiger partial charge in [0.1, 0.15) is 11.9 Å². The third-order valence-electron chi connectivity index (χ3n) is 7.58. The Morgan fingerprint density at radius 1 is 0.694 bits per heavy atom. The topological polar surface area (TPSA) is 100 Å². The van der Waals surface area contributed by atoms with Crippen molar-refractivity contribution in [1.29, 1.82) is 0 Å². The maximum absolute atomic E-state index is 14.7. The van der Waals surface area contributed by atoms with Crippen molar-refractivity contribution in [2.24, 2.45) is 0 Å². The van der Waals surface area contributed by atoms with Crippen molar-refractivity contribution in [2.45, 2.75) is 57.5 Å². The van der Waals surface area contributed by atoms with E-state index in [4.69, 9.17) is 42.6 Å². The molecule has 0 amide bonds. The standard InChI is InChI=1S/C38H55FO10/c1-2-38(40)49-20-10-6-5-9-19-48-37-16-13-33(29-36(37)39)32-11-14-34(15-12-32)46-18-8-4-3-7-17-44-30-35-31-45-26-25-42-22-21-41-23-24-43-27-28-47-35/h2,11-16,29,35H,1,3-10,17-28,30-31H2. The molecule has 0 aromatic heterocycles. The maximum Gasteiger partial charge on any atom is 0.330 e. The lowest BCUT2D eigenvalue weighted by Crippen LogP contribution is -2.28. The summed E-state index contributed by atoms with van der Waals surface area (Å²) >= 11 is 0. The van der Waals surface area contributed by atoms with E-state index in [0.29, 0.717) is 92.5 Å². The van der Waals surface area contributed by atoms with Gasteiger partial charge in [0.2, 0.25) is 0 Å². The van der Waals surface area contributed by atoms with Crippen LogP contribution in [-0.4, -0.2) is 105 Å². The summed E-state index contributed by atoms with van der Waals surface area (Å²) in [6.45, 7) is 10.6. The summed E-state index contributed by atoms with van der Waals surface area (Å²) in [4.78, 5) is 11.0. The van der Waals surface area contributed by atoms with Gasteiger partial charge < -0.3 is 42.6 Å². The number of halogens is 1. The van der Waals surface area contributed by atoms with Crippen LogP contribution in [0.4, 0.5) is 4.39 Å². The smallest absolute Gasteiger partial charge is 0.330 e. The summed E-state index contributed by atoms with van der Waals surface area (Å²) in [7, 11) is 0. The molecule has 0 N–H and O–H groups in total. The van der Waals surface area contributed by atoms with E-state index in [9.17, 15) is 9.18 Å². The average molecular weight is 691 g/mol. The fourth-order valence-corrected chi connectivity index (χ4v) is 4.87. The number of ether oxygens (including phenoxy) is 9. The number of carbonyl (C=O) groups is 1. The van der Waals surface area contributed by atoms with Gasteiger partial charge in [-0.1, -0.05) is 31.2 Å². The monoisotopic (exact) mass is 690 g/mol. The molecule has 1 saturated heterocycles. The van der Waals surface area contributed by atoms with Crippen LogP contribution in [-0.2, 0) is 38.0 Å². The van der Waals surface area contributed by atoms with Gasteiger partial charge in [0, 0.05) is 12.7 Å². The zero-order chi connectivity index (χ0) is 34.6. The van der Waals surface area contributed by atoms with E-state index in [1.807, 2.05) is 30.3 Å². The minimum atomic E-state index is -0.404. The normalized spacial score (nSPS) is 16.6. The van der Waals surface area contributed by atoms with Crippen LogP contribution >= 0.6 is 0 Å². The number of benzene rings is 2. The van der Waals surface area contributed by atoms with Crippen molar-refractivity contribution in [3.8, 4) is 22.6 Å². The van der Waals surface area contributed by atoms with E-state index < -0.39 is 5.97 Å². The number of hydrogen-bond acceptors (Lipinski definition) is 10. The molecule has 0 saturated carbocycles. The first-order chi connectivity index (χ1) is 24.2. The number of hydrogen-bond donors (Lipinski definition) is 0. The number of carbonyl (C=O) groups excluding carboxylic acids is 1. The van der Waals surface area contributed by atoms with Crippen LogP contribution in [0, 0.1) is 5.82 Å². The molecule has 0 spiro atoms. The first kappa shape index (κ1) is 40.4. The van der Waals surface area contributed by atoms with Crippen LogP contribution < -0.4 is 9.47 Å². The molecule has 1 unspecified atom stereocenters. The number of esters is 1. The molecule has 10 nitrogen and oxygen atoms in total. The van der Waals surface area contributed by atoms with Gasteiger partial charge >= 0.3 is 5.97 Å². The quantitative estimate of drug-likeness (QED) is 0.0861. The molecule has 49 heavy (non-hydrogen) atoms. The van der Waals surface area contributed by atoms with E-state index in [1.54, 1.807) is 6.07 Å². The highest BCUT2D eigenvalue weighted by molar-refractivity contribution is 5.81. The van der Waals surface area contributed by atoms with Crippen molar-refractivity contribution >= 4 is 5.97 Å². The minimum Gasteiger partial charge on any atom is -0.494 e. The van der Waals surface area contributed by atoms with E-state index in [-0.39, 0.29) is 17.7 Å². The van der Waals surface area contributed by atoms with Crippen LogP contribution in [0.15, 0.2) is 55.1 Å². The van der Waals surface area contributed by atoms with Gasteiger partial charge in [-0.2, -0.15) is 0 Å². The third-order valence-corrected chi connectivity index (χ3v) is 7.58. The summed E-state index contributed by atoms with van der Waals surface area (Å²) in [5, 5.41) is 0. The molecular weight excluding hydrogens is 635 g/mol. The molecule has 1 fully saturated rings. The summed E-state index contributed by atoms with van der Waals surface area (Å²) in [5.74, 6) is 0.242. The number of rotatable bonds is 20. The van der Waals surface area contributed by atoms with Crippen LogP contribution in [0.5, 0.6) is 11.5 Å². The van der Waals surface area contributed by atoms with Crippen molar-refractivity contribution in [1.82, 2.24) is 0 Å². The molecule has 274 valence electrons. The highest BCUT2D eigenvalue weighted by atomic mass is 19.1. The predicted molar refractivity (Wildman–Crippen MR) is 185 cm³/mol. The van der Waals surface area contributed by atoms with Crippen molar-refractivity contribution < 1.29 is 51.8 Å². The second-order valence-corrected chi connectivity index (χ2v) is 11.5. The molecule has 2 aromatic rings. The van der Waals surface area contributed by atoms with Crippen LogP contribution in [0.1, 0.15) is 51.4 Å². The highest BCUT2D eigenvalue weighted by Gasteiger charge is 2.11. The Hall–Kier alpha value is -3.06. The maximum atomic E-state index is 14.7. The SMILES string of the molecule is C=CC(=O)OCCCCCCOc1ccc(-c2ccc(OCCCCCCOCC3COCCOCCOCCOCCO3)cc2)cc1F. The summed E-state index contributed by atoms with van der Waals surface area (Å²) in [6, 6.07) is 12.7. The Kier molecular flexibility index (Phi) is 22.0. The Morgan fingerprint density at radius 2 is 1.27 bits per heavy atom. The van der Waals surface area contributed by atoms with Gasteiger partial charge in [-0.3, -0.25) is 0 Å². The molecular formula is C38H55FO10. The predicted octanol–water partition coefficient (Wildman–Crippen LogP) is 6.58. The summed E-state index contributed by atoms with van der Waals surface area (Å²) in [5.41, 5.74) is 1.68. The van der Waals surface area contributed by atoms with Gasteiger partial charge in [0.25, 0.3) is 0 Å². The Morgan fingerprint density at radius 3 is 1.92 bits per heavy atom. The van der Waals surface area contributed by atoms with Crippen LogP contribution in [0.3, 0.4) is 0 Å². The van der Waals surface area contributed by atoms with Crippen molar-refractivity contribution in [2.75, 3.05) is 92.5 Å². The Bertz CT molecular complexity index is 1130. The van der Waals surface area contributed by atoms with Gasteiger partial charge in [-0.25, -0.2) is 9.18 Å². The van der Waals surface area contributed by atoms with Gasteiger partial charge in [-0.15, -0.1) is 0 Å². The van der Waals surface area contributed by atoms with Crippen LogP contribution in [0.25, 0.3) is 11.1 Å². The minimum absolute atomic E-state index is 0.140. The third kappa shape index (κ3) is 19.1. The van der Waals surface area contributed by atoms with E-state index in [2.05, 4.69) is 6.58 Å². The molecule has 1 aliphatic heterocycles. The second-order valence-electron chi connectivity index (χ2n) is 11.5.